The molecule has 3 aromatic rings. The van der Waals surface area contributed by atoms with Crippen LogP contribution in [-0.4, -0.2) is 26.3 Å². The van der Waals surface area contributed by atoms with Gasteiger partial charge >= 0.3 is 0 Å². The lowest BCUT2D eigenvalue weighted by atomic mass is 10.1. The minimum absolute atomic E-state index is 0.531. The first-order chi connectivity index (χ1) is 14.7. The SMILES string of the molecule is Cc1ccc(COc2ccc(Cl)cc2CNc2ccc(N3CCOCC3)cc2)cc1. The van der Waals surface area contributed by atoms with Crippen molar-refractivity contribution in [3.05, 3.63) is 88.4 Å². The van der Waals surface area contributed by atoms with Crippen LogP contribution in [-0.2, 0) is 17.9 Å². The lowest BCUT2D eigenvalue weighted by Crippen LogP contribution is -2.36. The third kappa shape index (κ3) is 5.47. The fourth-order valence-electron chi connectivity index (χ4n) is 3.48. The predicted octanol–water partition coefficient (Wildman–Crippen LogP) is 5.68. The van der Waals surface area contributed by atoms with Crippen LogP contribution in [0.5, 0.6) is 5.75 Å². The van der Waals surface area contributed by atoms with Crippen molar-refractivity contribution < 1.29 is 9.47 Å². The lowest BCUT2D eigenvalue weighted by Gasteiger charge is -2.29. The van der Waals surface area contributed by atoms with E-state index in [0.29, 0.717) is 18.2 Å². The van der Waals surface area contributed by atoms with Gasteiger partial charge in [-0.3, -0.25) is 0 Å². The van der Waals surface area contributed by atoms with Crippen LogP contribution in [0.2, 0.25) is 5.02 Å². The van der Waals surface area contributed by atoms with E-state index in [1.807, 2.05) is 18.2 Å². The molecule has 0 radical (unpaired) electrons. The molecule has 30 heavy (non-hydrogen) atoms. The van der Waals surface area contributed by atoms with Gasteiger partial charge in [0.25, 0.3) is 0 Å². The third-order valence-corrected chi connectivity index (χ3v) is 5.50. The van der Waals surface area contributed by atoms with Crippen molar-refractivity contribution in [3.8, 4) is 5.75 Å². The van der Waals surface area contributed by atoms with Crippen molar-refractivity contribution in [2.24, 2.45) is 0 Å². The van der Waals surface area contributed by atoms with Crippen LogP contribution in [0.3, 0.4) is 0 Å². The number of nitrogens with zero attached hydrogens (tertiary/aromatic N) is 1. The molecule has 1 aliphatic rings. The summed E-state index contributed by atoms with van der Waals surface area (Å²) in [7, 11) is 0. The highest BCUT2D eigenvalue weighted by atomic mass is 35.5. The van der Waals surface area contributed by atoms with Gasteiger partial charge in [-0.05, 0) is 55.0 Å². The largest absolute Gasteiger partial charge is 0.489 e. The molecule has 0 aromatic heterocycles. The molecular weight excluding hydrogens is 396 g/mol. The molecule has 1 saturated heterocycles. The van der Waals surface area contributed by atoms with Gasteiger partial charge in [0.05, 0.1) is 13.2 Å². The van der Waals surface area contributed by atoms with E-state index in [1.54, 1.807) is 0 Å². The van der Waals surface area contributed by atoms with Crippen molar-refractivity contribution in [3.63, 3.8) is 0 Å². The number of anilines is 2. The Balaban J connectivity index is 1.38. The summed E-state index contributed by atoms with van der Waals surface area (Å²) in [5.41, 5.74) is 5.72. The van der Waals surface area contributed by atoms with E-state index in [9.17, 15) is 0 Å². The first kappa shape index (κ1) is 20.6. The molecule has 4 rings (SSSR count). The van der Waals surface area contributed by atoms with Crippen LogP contribution in [0.1, 0.15) is 16.7 Å². The molecule has 4 nitrogen and oxygen atoms in total. The summed E-state index contributed by atoms with van der Waals surface area (Å²) in [5, 5.41) is 4.19. The van der Waals surface area contributed by atoms with Crippen LogP contribution in [0, 0.1) is 6.92 Å². The molecule has 0 bridgehead atoms. The van der Waals surface area contributed by atoms with E-state index < -0.39 is 0 Å². The Labute approximate surface area is 183 Å². The zero-order valence-corrected chi connectivity index (χ0v) is 18.0. The quantitative estimate of drug-likeness (QED) is 0.531. The van der Waals surface area contributed by atoms with Crippen LogP contribution >= 0.6 is 11.6 Å². The number of rotatable bonds is 7. The van der Waals surface area contributed by atoms with E-state index >= 15 is 0 Å². The first-order valence-electron chi connectivity index (χ1n) is 10.3. The van der Waals surface area contributed by atoms with Crippen molar-refractivity contribution in [1.82, 2.24) is 0 Å². The van der Waals surface area contributed by atoms with E-state index in [2.05, 4.69) is 65.7 Å². The lowest BCUT2D eigenvalue weighted by molar-refractivity contribution is 0.122. The third-order valence-electron chi connectivity index (χ3n) is 5.26. The van der Waals surface area contributed by atoms with E-state index in [1.165, 1.54) is 11.3 Å². The minimum Gasteiger partial charge on any atom is -0.489 e. The smallest absolute Gasteiger partial charge is 0.124 e. The van der Waals surface area contributed by atoms with Gasteiger partial charge in [0.1, 0.15) is 12.4 Å². The van der Waals surface area contributed by atoms with Gasteiger partial charge in [0.15, 0.2) is 0 Å². The van der Waals surface area contributed by atoms with Crippen molar-refractivity contribution in [1.29, 1.82) is 0 Å². The summed E-state index contributed by atoms with van der Waals surface area (Å²) < 4.78 is 11.5. The van der Waals surface area contributed by atoms with Gasteiger partial charge in [-0.2, -0.15) is 0 Å². The predicted molar refractivity (Wildman–Crippen MR) is 124 cm³/mol. The normalized spacial score (nSPS) is 13.9. The summed E-state index contributed by atoms with van der Waals surface area (Å²) in [4.78, 5) is 2.35. The first-order valence-corrected chi connectivity index (χ1v) is 10.7. The van der Waals surface area contributed by atoms with Crippen molar-refractivity contribution in [2.75, 3.05) is 36.5 Å². The molecule has 0 saturated carbocycles. The Morgan fingerprint density at radius 1 is 0.967 bits per heavy atom. The summed E-state index contributed by atoms with van der Waals surface area (Å²) in [6.07, 6.45) is 0. The second-order valence-corrected chi connectivity index (χ2v) is 7.96. The highest BCUT2D eigenvalue weighted by Crippen LogP contribution is 2.26. The van der Waals surface area contributed by atoms with Crippen molar-refractivity contribution in [2.45, 2.75) is 20.1 Å². The van der Waals surface area contributed by atoms with Crippen molar-refractivity contribution >= 4 is 23.0 Å². The molecule has 0 amide bonds. The molecular formula is C25H27ClN2O2. The molecule has 1 heterocycles. The monoisotopic (exact) mass is 422 g/mol. The number of halogens is 1. The van der Waals surface area contributed by atoms with E-state index in [-0.39, 0.29) is 0 Å². The molecule has 5 heteroatoms. The molecule has 1 N–H and O–H groups in total. The number of hydrogen-bond donors (Lipinski definition) is 1. The van der Waals surface area contributed by atoms with Gasteiger partial charge in [0, 0.05) is 41.6 Å². The fraction of sp³-hybridized carbons (Fsp3) is 0.280. The van der Waals surface area contributed by atoms with Gasteiger partial charge in [-0.25, -0.2) is 0 Å². The number of aryl methyl sites for hydroxylation is 1. The van der Waals surface area contributed by atoms with Crippen LogP contribution in [0.4, 0.5) is 11.4 Å². The van der Waals surface area contributed by atoms with Gasteiger partial charge in [-0.15, -0.1) is 0 Å². The number of nitrogens with one attached hydrogen (secondary N) is 1. The standard InChI is InChI=1S/C25H27ClN2O2/c1-19-2-4-20(5-3-19)18-30-25-11-6-22(26)16-21(25)17-27-23-7-9-24(10-8-23)28-12-14-29-15-13-28/h2-11,16,27H,12-15,17-18H2,1H3. The second-order valence-electron chi connectivity index (χ2n) is 7.53. The number of ether oxygens (including phenoxy) is 2. The Kier molecular flexibility index (Phi) is 6.77. The number of morpholine rings is 1. The Hall–Kier alpha value is -2.69. The summed E-state index contributed by atoms with van der Waals surface area (Å²) in [5.74, 6) is 0.845. The molecule has 0 aliphatic carbocycles. The maximum absolute atomic E-state index is 6.24. The molecule has 3 aromatic carbocycles. The maximum atomic E-state index is 6.24. The zero-order chi connectivity index (χ0) is 20.8. The highest BCUT2D eigenvalue weighted by Gasteiger charge is 2.11. The second kappa shape index (κ2) is 9.88. The molecule has 1 fully saturated rings. The summed E-state index contributed by atoms with van der Waals surface area (Å²) in [6, 6.07) is 22.7. The van der Waals surface area contributed by atoms with Crippen LogP contribution in [0.15, 0.2) is 66.7 Å². The van der Waals surface area contributed by atoms with Crippen LogP contribution < -0.4 is 15.0 Å². The molecule has 0 atom stereocenters. The maximum Gasteiger partial charge on any atom is 0.124 e. The highest BCUT2D eigenvalue weighted by molar-refractivity contribution is 6.30. The van der Waals surface area contributed by atoms with Gasteiger partial charge in [-0.1, -0.05) is 41.4 Å². The van der Waals surface area contributed by atoms with E-state index in [0.717, 1.165) is 48.9 Å². The number of benzene rings is 3. The van der Waals surface area contributed by atoms with Crippen LogP contribution in [0.25, 0.3) is 0 Å². The zero-order valence-electron chi connectivity index (χ0n) is 17.2. The summed E-state index contributed by atoms with van der Waals surface area (Å²) in [6.45, 7) is 6.72. The summed E-state index contributed by atoms with van der Waals surface area (Å²) >= 11 is 6.24. The molecule has 156 valence electrons. The topological polar surface area (TPSA) is 33.7 Å². The Bertz CT molecular complexity index is 952. The Morgan fingerprint density at radius 2 is 1.70 bits per heavy atom. The van der Waals surface area contributed by atoms with E-state index in [4.69, 9.17) is 21.1 Å². The molecule has 1 aliphatic heterocycles. The average Bonchev–Trinajstić information content (AvgIpc) is 2.79. The van der Waals surface area contributed by atoms with Gasteiger partial charge in [0.2, 0.25) is 0 Å². The Morgan fingerprint density at radius 3 is 2.43 bits per heavy atom. The fourth-order valence-corrected chi connectivity index (χ4v) is 3.68. The molecule has 0 unspecified atom stereocenters. The number of hydrogen-bond acceptors (Lipinski definition) is 4. The molecule has 0 spiro atoms. The van der Waals surface area contributed by atoms with Gasteiger partial charge < -0.3 is 19.7 Å². The minimum atomic E-state index is 0.531. The average molecular weight is 423 g/mol.